The van der Waals surface area contributed by atoms with Crippen LogP contribution >= 0.6 is 15.9 Å². The highest BCUT2D eigenvalue weighted by Crippen LogP contribution is 2.39. The van der Waals surface area contributed by atoms with E-state index in [2.05, 4.69) is 33.2 Å². The second-order valence-electron chi connectivity index (χ2n) is 4.74. The third-order valence-corrected chi connectivity index (χ3v) is 3.91. The number of aromatic nitrogens is 2. The van der Waals surface area contributed by atoms with Gasteiger partial charge in [-0.15, -0.1) is 0 Å². The molecule has 1 aliphatic heterocycles. The van der Waals surface area contributed by atoms with Gasteiger partial charge in [-0.3, -0.25) is 0 Å². The van der Waals surface area contributed by atoms with Crippen molar-refractivity contribution in [3.8, 4) is 11.5 Å². The summed E-state index contributed by atoms with van der Waals surface area (Å²) < 4.78 is 14.1. The largest absolute Gasteiger partial charge is 0.486 e. The average Bonchev–Trinajstić information content (AvgIpc) is 2.86. The number of anilines is 1. The molecule has 0 fully saturated rings. The lowest BCUT2D eigenvalue weighted by molar-refractivity contribution is 0.171. The number of benzene rings is 1. The minimum Gasteiger partial charge on any atom is -0.486 e. The fraction of sp³-hybridized carbons (Fsp3) is 0.357. The highest BCUT2D eigenvalue weighted by atomic mass is 79.9. The van der Waals surface area contributed by atoms with Crippen molar-refractivity contribution in [1.82, 2.24) is 9.55 Å². The summed E-state index contributed by atoms with van der Waals surface area (Å²) in [6.45, 7) is 3.25. The molecule has 1 aliphatic rings. The van der Waals surface area contributed by atoms with Gasteiger partial charge >= 0.3 is 0 Å². The number of imidazole rings is 1. The van der Waals surface area contributed by atoms with E-state index in [-0.39, 0.29) is 6.04 Å². The predicted octanol–water partition coefficient (Wildman–Crippen LogP) is 3.13. The van der Waals surface area contributed by atoms with Gasteiger partial charge in [-0.05, 0) is 22.9 Å². The van der Waals surface area contributed by atoms with E-state index >= 15 is 0 Å². The van der Waals surface area contributed by atoms with E-state index in [0.29, 0.717) is 13.2 Å². The summed E-state index contributed by atoms with van der Waals surface area (Å²) >= 11 is 3.56. The highest BCUT2D eigenvalue weighted by Gasteiger charge is 2.17. The van der Waals surface area contributed by atoms with E-state index in [1.807, 2.05) is 29.9 Å². The normalized spacial score (nSPS) is 14.9. The van der Waals surface area contributed by atoms with Gasteiger partial charge in [-0.25, -0.2) is 4.98 Å². The van der Waals surface area contributed by atoms with Gasteiger partial charge in [0.25, 0.3) is 0 Å². The van der Waals surface area contributed by atoms with E-state index in [4.69, 9.17) is 9.47 Å². The molecule has 1 N–H and O–H groups in total. The standard InChI is InChI=1S/C14H16BrN3O2/c1-9(14-16-3-4-18(14)2)17-11-8-13-12(7-10(11)15)19-5-6-20-13/h3-4,7-9,17H,5-6H2,1-2H3. The van der Waals surface area contributed by atoms with Gasteiger partial charge in [0.05, 0.1) is 11.7 Å². The molecule has 106 valence electrons. The summed E-state index contributed by atoms with van der Waals surface area (Å²) in [7, 11) is 1.99. The van der Waals surface area contributed by atoms with Crippen molar-refractivity contribution in [2.45, 2.75) is 13.0 Å². The molecule has 1 aromatic carbocycles. The van der Waals surface area contributed by atoms with E-state index in [0.717, 1.165) is 27.5 Å². The maximum absolute atomic E-state index is 5.61. The van der Waals surface area contributed by atoms with Gasteiger partial charge in [0.15, 0.2) is 11.5 Å². The van der Waals surface area contributed by atoms with E-state index in [1.54, 1.807) is 6.20 Å². The van der Waals surface area contributed by atoms with Crippen LogP contribution in [0.15, 0.2) is 29.0 Å². The first kappa shape index (κ1) is 13.3. The monoisotopic (exact) mass is 337 g/mol. The molecule has 2 aromatic rings. The molecule has 6 heteroatoms. The van der Waals surface area contributed by atoms with Crippen molar-refractivity contribution in [2.75, 3.05) is 18.5 Å². The summed E-state index contributed by atoms with van der Waals surface area (Å²) in [5, 5.41) is 3.44. The molecular formula is C14H16BrN3O2. The molecule has 0 aliphatic carbocycles. The molecule has 20 heavy (non-hydrogen) atoms. The second kappa shape index (κ2) is 5.36. The molecule has 0 saturated heterocycles. The topological polar surface area (TPSA) is 48.3 Å². The Kier molecular flexibility index (Phi) is 3.56. The molecule has 0 bridgehead atoms. The van der Waals surface area contributed by atoms with Crippen LogP contribution in [0, 0.1) is 0 Å². The highest BCUT2D eigenvalue weighted by molar-refractivity contribution is 9.10. The van der Waals surface area contributed by atoms with Gasteiger partial charge in [0.2, 0.25) is 0 Å². The van der Waals surface area contributed by atoms with Crippen molar-refractivity contribution >= 4 is 21.6 Å². The summed E-state index contributed by atoms with van der Waals surface area (Å²) in [5.41, 5.74) is 0.963. The predicted molar refractivity (Wildman–Crippen MR) is 80.4 cm³/mol. The van der Waals surface area contributed by atoms with Crippen LogP contribution in [0.1, 0.15) is 18.8 Å². The Balaban J connectivity index is 1.85. The fourth-order valence-corrected chi connectivity index (χ4v) is 2.70. The first-order valence-corrected chi connectivity index (χ1v) is 7.27. The number of fused-ring (bicyclic) bond motifs is 1. The lowest BCUT2D eigenvalue weighted by Crippen LogP contribution is -2.16. The maximum atomic E-state index is 5.61. The van der Waals surface area contributed by atoms with Crippen molar-refractivity contribution in [2.24, 2.45) is 7.05 Å². The minimum atomic E-state index is 0.0915. The molecule has 5 nitrogen and oxygen atoms in total. The van der Waals surface area contributed by atoms with E-state index in [1.165, 1.54) is 0 Å². The average molecular weight is 338 g/mol. The number of hydrogen-bond donors (Lipinski definition) is 1. The molecule has 0 saturated carbocycles. The SMILES string of the molecule is CC(Nc1cc2c(cc1Br)OCCO2)c1nccn1C. The Hall–Kier alpha value is -1.69. The summed E-state index contributed by atoms with van der Waals surface area (Å²) in [6.07, 6.45) is 3.73. The molecule has 1 aromatic heterocycles. The van der Waals surface area contributed by atoms with Gasteiger partial charge in [-0.1, -0.05) is 0 Å². The summed E-state index contributed by atoms with van der Waals surface area (Å²) in [6, 6.07) is 3.98. The van der Waals surface area contributed by atoms with Crippen LogP contribution in [0.3, 0.4) is 0 Å². The fourth-order valence-electron chi connectivity index (χ4n) is 2.27. The quantitative estimate of drug-likeness (QED) is 0.934. The Bertz CT molecular complexity index is 627. The lowest BCUT2D eigenvalue weighted by Gasteiger charge is -2.22. The molecule has 0 radical (unpaired) electrons. The number of aryl methyl sites for hydroxylation is 1. The van der Waals surface area contributed by atoms with E-state index in [9.17, 15) is 0 Å². The van der Waals surface area contributed by atoms with Crippen LogP contribution < -0.4 is 14.8 Å². The van der Waals surface area contributed by atoms with Crippen molar-refractivity contribution in [1.29, 1.82) is 0 Å². The third kappa shape index (κ3) is 2.47. The number of nitrogens with one attached hydrogen (secondary N) is 1. The Morgan fingerprint density at radius 2 is 2.00 bits per heavy atom. The zero-order valence-electron chi connectivity index (χ0n) is 11.4. The number of ether oxygens (including phenoxy) is 2. The first-order chi connectivity index (χ1) is 9.65. The molecular weight excluding hydrogens is 322 g/mol. The number of hydrogen-bond acceptors (Lipinski definition) is 4. The van der Waals surface area contributed by atoms with Crippen molar-refractivity contribution in [3.63, 3.8) is 0 Å². The number of halogens is 1. The van der Waals surface area contributed by atoms with Crippen LogP contribution in [0.5, 0.6) is 11.5 Å². The van der Waals surface area contributed by atoms with Gasteiger partial charge < -0.3 is 19.4 Å². The van der Waals surface area contributed by atoms with Gasteiger partial charge in [-0.2, -0.15) is 0 Å². The zero-order chi connectivity index (χ0) is 14.1. The van der Waals surface area contributed by atoms with Crippen molar-refractivity contribution < 1.29 is 9.47 Å². The molecule has 1 atom stereocenters. The smallest absolute Gasteiger partial charge is 0.163 e. The number of nitrogens with zero attached hydrogens (tertiary/aromatic N) is 2. The van der Waals surface area contributed by atoms with Crippen LogP contribution in [0.25, 0.3) is 0 Å². The second-order valence-corrected chi connectivity index (χ2v) is 5.59. The molecule has 1 unspecified atom stereocenters. The Labute approximate surface area is 126 Å². The van der Waals surface area contributed by atoms with Crippen LogP contribution in [0.4, 0.5) is 5.69 Å². The minimum absolute atomic E-state index is 0.0915. The van der Waals surface area contributed by atoms with Crippen LogP contribution in [-0.4, -0.2) is 22.8 Å². The molecule has 2 heterocycles. The summed E-state index contributed by atoms with van der Waals surface area (Å²) in [4.78, 5) is 4.36. The van der Waals surface area contributed by atoms with Crippen molar-refractivity contribution in [3.05, 3.63) is 34.8 Å². The lowest BCUT2D eigenvalue weighted by atomic mass is 10.2. The van der Waals surface area contributed by atoms with Crippen LogP contribution in [-0.2, 0) is 7.05 Å². The Morgan fingerprint density at radius 1 is 1.30 bits per heavy atom. The Morgan fingerprint density at radius 3 is 2.65 bits per heavy atom. The molecule has 0 spiro atoms. The third-order valence-electron chi connectivity index (χ3n) is 3.25. The molecule has 3 rings (SSSR count). The van der Waals surface area contributed by atoms with Gasteiger partial charge in [0.1, 0.15) is 19.0 Å². The zero-order valence-corrected chi connectivity index (χ0v) is 13.0. The first-order valence-electron chi connectivity index (χ1n) is 6.48. The number of rotatable bonds is 3. The molecule has 0 amide bonds. The maximum Gasteiger partial charge on any atom is 0.163 e. The van der Waals surface area contributed by atoms with E-state index < -0.39 is 0 Å². The van der Waals surface area contributed by atoms with Gasteiger partial charge in [0, 0.05) is 36.0 Å². The van der Waals surface area contributed by atoms with Crippen LogP contribution in [0.2, 0.25) is 0 Å². The summed E-state index contributed by atoms with van der Waals surface area (Å²) in [5.74, 6) is 2.53.